The van der Waals surface area contributed by atoms with E-state index in [1.165, 1.54) is 4.90 Å². The van der Waals surface area contributed by atoms with E-state index in [-0.39, 0.29) is 5.91 Å². The lowest BCUT2D eigenvalue weighted by atomic mass is 10.4. The lowest BCUT2D eigenvalue weighted by molar-refractivity contribution is -0.129. The van der Waals surface area contributed by atoms with Crippen molar-refractivity contribution in [2.75, 3.05) is 13.2 Å². The molecule has 6 heteroatoms. The van der Waals surface area contributed by atoms with Gasteiger partial charge in [0.05, 0.1) is 5.67 Å². The van der Waals surface area contributed by atoms with Gasteiger partial charge < -0.3 is 18.9 Å². The lowest BCUT2D eigenvalue weighted by Gasteiger charge is -2.31. The van der Waals surface area contributed by atoms with Crippen molar-refractivity contribution in [3.63, 3.8) is 0 Å². The van der Waals surface area contributed by atoms with Gasteiger partial charge in [-0.05, 0) is 19.8 Å². The number of carbonyl (C=O) groups excluding carboxylic acids is 1. The van der Waals surface area contributed by atoms with Gasteiger partial charge in [0.1, 0.15) is 0 Å². The Morgan fingerprint density at radius 3 is 2.73 bits per heavy atom. The summed E-state index contributed by atoms with van der Waals surface area (Å²) in [7, 11) is -3.73. The quantitative estimate of drug-likeness (QED) is 0.650. The Balaban J connectivity index is 2.56. The van der Waals surface area contributed by atoms with Gasteiger partial charge in [0.15, 0.2) is 0 Å². The van der Waals surface area contributed by atoms with Crippen LogP contribution < -0.4 is 0 Å². The maximum atomic E-state index is 11.4. The first-order valence-electron chi connectivity index (χ1n) is 5.37. The largest absolute Gasteiger partial charge is 0.519 e. The summed E-state index contributed by atoms with van der Waals surface area (Å²) in [6, 6.07) is 0. The standard InChI is InChI=1S/C9H19NO4Si/c1-3-7-14-15(12,13)8(2)10-6-4-5-9(10)11/h8,12-13H,3-7H2,1-2H3. The molecule has 1 unspecified atom stereocenters. The Morgan fingerprint density at radius 1 is 1.60 bits per heavy atom. The number of hydrogen-bond donors (Lipinski definition) is 2. The molecule has 1 heterocycles. The molecule has 88 valence electrons. The summed E-state index contributed by atoms with van der Waals surface area (Å²) in [6.07, 6.45) is 2.03. The number of hydrogen-bond acceptors (Lipinski definition) is 4. The van der Waals surface area contributed by atoms with Crippen molar-refractivity contribution in [3.8, 4) is 0 Å². The Hall–Kier alpha value is -0.433. The number of nitrogens with zero attached hydrogens (tertiary/aromatic N) is 1. The molecule has 0 aromatic rings. The molecule has 1 aliphatic rings. The van der Waals surface area contributed by atoms with Crippen LogP contribution in [-0.2, 0) is 9.22 Å². The first-order chi connectivity index (χ1) is 6.99. The van der Waals surface area contributed by atoms with E-state index in [1.807, 2.05) is 6.92 Å². The van der Waals surface area contributed by atoms with Gasteiger partial charge in [-0.15, -0.1) is 0 Å². The van der Waals surface area contributed by atoms with Gasteiger partial charge in [-0.25, -0.2) is 0 Å². The molecule has 1 saturated heterocycles. The molecule has 1 rings (SSSR count). The molecule has 0 bridgehead atoms. The fourth-order valence-corrected chi connectivity index (χ4v) is 3.08. The molecule has 0 aliphatic carbocycles. The monoisotopic (exact) mass is 233 g/mol. The van der Waals surface area contributed by atoms with Crippen LogP contribution in [0, 0.1) is 0 Å². The molecule has 15 heavy (non-hydrogen) atoms. The summed E-state index contributed by atoms with van der Waals surface area (Å²) in [6.45, 7) is 4.47. The van der Waals surface area contributed by atoms with E-state index >= 15 is 0 Å². The zero-order valence-corrected chi connectivity index (χ0v) is 10.3. The van der Waals surface area contributed by atoms with Crippen molar-refractivity contribution in [1.29, 1.82) is 0 Å². The molecule has 0 aromatic carbocycles. The second-order valence-electron chi connectivity index (χ2n) is 3.87. The van der Waals surface area contributed by atoms with Crippen LogP contribution in [0.25, 0.3) is 0 Å². The molecule has 0 spiro atoms. The molecule has 0 saturated carbocycles. The maximum absolute atomic E-state index is 11.4. The fourth-order valence-electron chi connectivity index (χ4n) is 1.65. The third-order valence-corrected chi connectivity index (χ3v) is 4.67. The zero-order valence-electron chi connectivity index (χ0n) is 9.27. The molecular formula is C9H19NO4Si. The van der Waals surface area contributed by atoms with Gasteiger partial charge >= 0.3 is 8.80 Å². The van der Waals surface area contributed by atoms with Crippen molar-refractivity contribution in [1.82, 2.24) is 4.90 Å². The summed E-state index contributed by atoms with van der Waals surface area (Å²) in [5.41, 5.74) is -0.584. The highest BCUT2D eigenvalue weighted by molar-refractivity contribution is 6.59. The Morgan fingerprint density at radius 2 is 2.27 bits per heavy atom. The topological polar surface area (TPSA) is 70.0 Å². The second-order valence-corrected chi connectivity index (χ2v) is 6.32. The molecule has 0 aromatic heterocycles. The van der Waals surface area contributed by atoms with E-state index < -0.39 is 14.5 Å². The fraction of sp³-hybridized carbons (Fsp3) is 0.889. The van der Waals surface area contributed by atoms with Crippen molar-refractivity contribution in [3.05, 3.63) is 0 Å². The molecule has 2 N–H and O–H groups in total. The highest BCUT2D eigenvalue weighted by Crippen LogP contribution is 2.18. The normalized spacial score (nSPS) is 19.7. The van der Waals surface area contributed by atoms with Crippen molar-refractivity contribution in [2.24, 2.45) is 0 Å². The predicted octanol–water partition coefficient (Wildman–Crippen LogP) is -0.113. The van der Waals surface area contributed by atoms with E-state index in [4.69, 9.17) is 4.43 Å². The van der Waals surface area contributed by atoms with E-state index in [0.717, 1.165) is 12.8 Å². The zero-order chi connectivity index (χ0) is 11.5. The van der Waals surface area contributed by atoms with E-state index in [0.29, 0.717) is 19.6 Å². The molecule has 1 atom stereocenters. The van der Waals surface area contributed by atoms with Crippen LogP contribution in [0.3, 0.4) is 0 Å². The smallest absolute Gasteiger partial charge is 0.389 e. The third kappa shape index (κ3) is 3.01. The van der Waals surface area contributed by atoms with E-state index in [1.54, 1.807) is 6.92 Å². The number of rotatable bonds is 5. The van der Waals surface area contributed by atoms with Crippen LogP contribution in [0.15, 0.2) is 0 Å². The SMILES string of the molecule is CCCO[Si](O)(O)C(C)N1CCCC1=O. The van der Waals surface area contributed by atoms with Crippen molar-refractivity contribution < 1.29 is 18.8 Å². The third-order valence-electron chi connectivity index (χ3n) is 2.64. The van der Waals surface area contributed by atoms with Crippen LogP contribution >= 0.6 is 0 Å². The van der Waals surface area contributed by atoms with Crippen molar-refractivity contribution in [2.45, 2.75) is 38.8 Å². The minimum absolute atomic E-state index is 0.0115. The highest BCUT2D eigenvalue weighted by Gasteiger charge is 2.45. The molecule has 0 radical (unpaired) electrons. The van der Waals surface area contributed by atoms with E-state index in [9.17, 15) is 14.4 Å². The maximum Gasteiger partial charge on any atom is 0.519 e. The summed E-state index contributed by atoms with van der Waals surface area (Å²) in [5, 5.41) is 0. The Bertz CT molecular complexity index is 234. The first kappa shape index (κ1) is 12.6. The molecule has 1 aliphatic heterocycles. The number of carbonyl (C=O) groups is 1. The molecule has 5 nitrogen and oxygen atoms in total. The van der Waals surface area contributed by atoms with Crippen LogP contribution in [0.2, 0.25) is 0 Å². The molecule has 1 amide bonds. The van der Waals surface area contributed by atoms with Crippen LogP contribution in [-0.4, -0.2) is 48.0 Å². The van der Waals surface area contributed by atoms with Gasteiger partial charge in [0, 0.05) is 19.6 Å². The molecule has 1 fully saturated rings. The minimum atomic E-state index is -3.73. The van der Waals surface area contributed by atoms with Crippen LogP contribution in [0.1, 0.15) is 33.1 Å². The van der Waals surface area contributed by atoms with Crippen molar-refractivity contribution >= 4 is 14.7 Å². The second kappa shape index (κ2) is 5.07. The van der Waals surface area contributed by atoms with Crippen LogP contribution in [0.5, 0.6) is 0 Å². The summed E-state index contributed by atoms with van der Waals surface area (Å²) in [4.78, 5) is 32.5. The summed E-state index contributed by atoms with van der Waals surface area (Å²) < 4.78 is 5.06. The number of likely N-dealkylation sites (tertiary alicyclic amines) is 1. The molecular weight excluding hydrogens is 214 g/mol. The van der Waals surface area contributed by atoms with Gasteiger partial charge in [-0.3, -0.25) is 4.79 Å². The predicted molar refractivity (Wildman–Crippen MR) is 56.8 cm³/mol. The average molecular weight is 233 g/mol. The van der Waals surface area contributed by atoms with Gasteiger partial charge in [-0.1, -0.05) is 6.92 Å². The first-order valence-corrected chi connectivity index (χ1v) is 7.25. The summed E-state index contributed by atoms with van der Waals surface area (Å²) >= 11 is 0. The number of amides is 1. The van der Waals surface area contributed by atoms with Crippen LogP contribution in [0.4, 0.5) is 0 Å². The van der Waals surface area contributed by atoms with Gasteiger partial charge in [0.2, 0.25) is 5.91 Å². The summed E-state index contributed by atoms with van der Waals surface area (Å²) in [5.74, 6) is -0.0115. The van der Waals surface area contributed by atoms with E-state index in [2.05, 4.69) is 0 Å². The minimum Gasteiger partial charge on any atom is -0.389 e. The van der Waals surface area contributed by atoms with Gasteiger partial charge in [-0.2, -0.15) is 0 Å². The Labute approximate surface area is 91.0 Å². The lowest BCUT2D eigenvalue weighted by Crippen LogP contribution is -2.58. The van der Waals surface area contributed by atoms with Gasteiger partial charge in [0.25, 0.3) is 0 Å². The Kier molecular flexibility index (Phi) is 4.27. The average Bonchev–Trinajstić information content (AvgIpc) is 2.60. The highest BCUT2D eigenvalue weighted by atomic mass is 28.4.